The van der Waals surface area contributed by atoms with Gasteiger partial charge in [-0.1, -0.05) is 31.9 Å². The lowest BCUT2D eigenvalue weighted by atomic mass is 10.2. The van der Waals surface area contributed by atoms with Gasteiger partial charge in [-0.15, -0.1) is 0 Å². The molecule has 0 atom stereocenters. The summed E-state index contributed by atoms with van der Waals surface area (Å²) in [5.74, 6) is -1.05. The first-order valence-corrected chi connectivity index (χ1v) is 10.1. The van der Waals surface area contributed by atoms with Crippen molar-refractivity contribution in [3.63, 3.8) is 0 Å². The van der Waals surface area contributed by atoms with E-state index >= 15 is 0 Å². The molecule has 0 heterocycles. The minimum atomic E-state index is -4.10. The molecule has 2 aromatic rings. The molecule has 0 aliphatic carbocycles. The van der Waals surface area contributed by atoms with Crippen LogP contribution in [0.5, 0.6) is 0 Å². The third-order valence-electron chi connectivity index (χ3n) is 3.85. The predicted octanol–water partition coefficient (Wildman–Crippen LogP) is 2.91. The summed E-state index contributed by atoms with van der Waals surface area (Å²) in [4.78, 5) is 24.1. The van der Waals surface area contributed by atoms with E-state index in [1.165, 1.54) is 30.3 Å². The number of nitrogens with one attached hydrogen (secondary N) is 2. The number of sulfonamides is 1. The maximum atomic E-state index is 12.6. The maximum Gasteiger partial charge on any atom is 0.266 e. The Bertz CT molecular complexity index is 909. The number of para-hydroxylation sites is 1. The van der Waals surface area contributed by atoms with Crippen molar-refractivity contribution in [2.24, 2.45) is 0 Å². The number of anilines is 2. The summed E-state index contributed by atoms with van der Waals surface area (Å²) in [6, 6.07) is 12.2. The number of hydrogen-bond acceptors (Lipinski definition) is 5. The average Bonchev–Trinajstić information content (AvgIpc) is 2.62. The van der Waals surface area contributed by atoms with Gasteiger partial charge in [-0.05, 0) is 42.8 Å². The zero-order valence-electron chi connectivity index (χ0n) is 15.1. The van der Waals surface area contributed by atoms with Crippen LogP contribution in [-0.4, -0.2) is 20.2 Å². The summed E-state index contributed by atoms with van der Waals surface area (Å²) in [6.07, 6.45) is 2.53. The molecule has 2 rings (SSSR count). The summed E-state index contributed by atoms with van der Waals surface area (Å²) >= 11 is 0. The van der Waals surface area contributed by atoms with E-state index in [1.807, 2.05) is 6.92 Å². The van der Waals surface area contributed by atoms with Gasteiger partial charge in [-0.25, -0.2) is 13.1 Å². The quantitative estimate of drug-likeness (QED) is 0.474. The van der Waals surface area contributed by atoms with Gasteiger partial charge in [0, 0.05) is 17.7 Å². The third kappa shape index (κ3) is 5.82. The number of nitrogen functional groups attached to an aromatic ring is 1. The highest BCUT2D eigenvalue weighted by Gasteiger charge is 2.22. The van der Waals surface area contributed by atoms with Crippen molar-refractivity contribution in [3.05, 3.63) is 54.1 Å². The van der Waals surface area contributed by atoms with Crippen molar-refractivity contribution in [1.29, 1.82) is 0 Å². The van der Waals surface area contributed by atoms with E-state index in [9.17, 15) is 18.0 Å². The highest BCUT2D eigenvalue weighted by Crippen LogP contribution is 2.22. The highest BCUT2D eigenvalue weighted by atomic mass is 32.2. The molecule has 0 radical (unpaired) electrons. The van der Waals surface area contributed by atoms with Gasteiger partial charge in [0.15, 0.2) is 0 Å². The Morgan fingerprint density at radius 3 is 2.33 bits per heavy atom. The molecule has 0 aliphatic heterocycles. The van der Waals surface area contributed by atoms with Crippen molar-refractivity contribution in [2.75, 3.05) is 11.1 Å². The zero-order chi connectivity index (χ0) is 19.9. The average molecular weight is 389 g/mol. The van der Waals surface area contributed by atoms with Gasteiger partial charge in [-0.3, -0.25) is 9.59 Å². The molecular weight excluding hydrogens is 366 g/mol. The van der Waals surface area contributed by atoms with Crippen LogP contribution in [0.3, 0.4) is 0 Å². The van der Waals surface area contributed by atoms with Crippen LogP contribution in [0.4, 0.5) is 11.4 Å². The largest absolute Gasteiger partial charge is 0.399 e. The Kier molecular flexibility index (Phi) is 6.95. The molecule has 0 aromatic heterocycles. The molecule has 0 saturated carbocycles. The van der Waals surface area contributed by atoms with Crippen LogP contribution in [0.2, 0.25) is 0 Å². The van der Waals surface area contributed by atoms with E-state index in [0.29, 0.717) is 17.7 Å². The summed E-state index contributed by atoms with van der Waals surface area (Å²) in [7, 11) is -4.10. The Morgan fingerprint density at radius 2 is 1.67 bits per heavy atom. The Labute approximate surface area is 159 Å². The van der Waals surface area contributed by atoms with Gasteiger partial charge < -0.3 is 11.1 Å². The lowest BCUT2D eigenvalue weighted by Crippen LogP contribution is -2.31. The lowest BCUT2D eigenvalue weighted by Gasteiger charge is -2.12. The van der Waals surface area contributed by atoms with Gasteiger partial charge in [0.2, 0.25) is 5.91 Å². The first-order chi connectivity index (χ1) is 12.8. The molecule has 0 spiro atoms. The molecule has 0 bridgehead atoms. The third-order valence-corrected chi connectivity index (χ3v) is 5.28. The van der Waals surface area contributed by atoms with Crippen LogP contribution in [0.25, 0.3) is 0 Å². The van der Waals surface area contributed by atoms with Crippen molar-refractivity contribution < 1.29 is 18.0 Å². The molecule has 0 fully saturated rings. The predicted molar refractivity (Wildman–Crippen MR) is 105 cm³/mol. The normalized spacial score (nSPS) is 11.0. The molecule has 0 aliphatic rings. The Balaban J connectivity index is 2.17. The van der Waals surface area contributed by atoms with Crippen LogP contribution in [0, 0.1) is 0 Å². The lowest BCUT2D eigenvalue weighted by molar-refractivity contribution is -0.119. The SMILES string of the molecule is CCCCCC(=O)NS(=O)(=O)c1ccccc1NC(=O)c1ccc(N)cc1. The van der Waals surface area contributed by atoms with Gasteiger partial charge in [0.1, 0.15) is 4.90 Å². The van der Waals surface area contributed by atoms with E-state index in [0.717, 1.165) is 12.8 Å². The van der Waals surface area contributed by atoms with Crippen molar-refractivity contribution in [2.45, 2.75) is 37.5 Å². The number of hydrogen-bond donors (Lipinski definition) is 3. The summed E-state index contributed by atoms with van der Waals surface area (Å²) in [5, 5.41) is 2.57. The summed E-state index contributed by atoms with van der Waals surface area (Å²) in [5.41, 5.74) is 6.54. The topological polar surface area (TPSA) is 118 Å². The van der Waals surface area contributed by atoms with Gasteiger partial charge in [-0.2, -0.15) is 0 Å². The van der Waals surface area contributed by atoms with E-state index in [2.05, 4.69) is 10.0 Å². The molecule has 0 saturated heterocycles. The summed E-state index contributed by atoms with van der Waals surface area (Å²) < 4.78 is 27.2. The highest BCUT2D eigenvalue weighted by molar-refractivity contribution is 7.90. The van der Waals surface area contributed by atoms with Crippen LogP contribution in [0.1, 0.15) is 43.0 Å². The van der Waals surface area contributed by atoms with Crippen molar-refractivity contribution >= 4 is 33.2 Å². The molecule has 7 nitrogen and oxygen atoms in total. The van der Waals surface area contributed by atoms with Crippen LogP contribution >= 0.6 is 0 Å². The molecule has 0 unspecified atom stereocenters. The molecule has 27 heavy (non-hydrogen) atoms. The molecule has 4 N–H and O–H groups in total. The Morgan fingerprint density at radius 1 is 1.00 bits per heavy atom. The van der Waals surface area contributed by atoms with E-state index in [-0.39, 0.29) is 17.0 Å². The first kappa shape index (κ1) is 20.4. The fourth-order valence-electron chi connectivity index (χ4n) is 2.42. The second-order valence-electron chi connectivity index (χ2n) is 6.06. The molecule has 144 valence electrons. The van der Waals surface area contributed by atoms with Crippen LogP contribution in [-0.2, 0) is 14.8 Å². The smallest absolute Gasteiger partial charge is 0.266 e. The van der Waals surface area contributed by atoms with Gasteiger partial charge >= 0.3 is 0 Å². The summed E-state index contributed by atoms with van der Waals surface area (Å²) in [6.45, 7) is 1.99. The Hall–Kier alpha value is -2.87. The van der Waals surface area contributed by atoms with Crippen molar-refractivity contribution in [1.82, 2.24) is 4.72 Å². The van der Waals surface area contributed by atoms with Crippen molar-refractivity contribution in [3.8, 4) is 0 Å². The molecule has 2 aromatic carbocycles. The van der Waals surface area contributed by atoms with Crippen LogP contribution < -0.4 is 15.8 Å². The number of carbonyl (C=O) groups is 2. The zero-order valence-corrected chi connectivity index (χ0v) is 15.9. The van der Waals surface area contributed by atoms with E-state index in [4.69, 9.17) is 5.73 Å². The number of nitrogens with two attached hydrogens (primary N) is 1. The number of rotatable bonds is 8. The number of unbranched alkanes of at least 4 members (excludes halogenated alkanes) is 2. The van der Waals surface area contributed by atoms with Crippen LogP contribution in [0.15, 0.2) is 53.4 Å². The molecule has 8 heteroatoms. The fraction of sp³-hybridized carbons (Fsp3) is 0.263. The minimum absolute atomic E-state index is 0.0909. The monoisotopic (exact) mass is 389 g/mol. The fourth-order valence-corrected chi connectivity index (χ4v) is 3.60. The molecular formula is C19H23N3O4S. The maximum absolute atomic E-state index is 12.6. The van der Waals surface area contributed by atoms with E-state index < -0.39 is 21.8 Å². The number of benzene rings is 2. The first-order valence-electron chi connectivity index (χ1n) is 8.65. The second-order valence-corrected chi connectivity index (χ2v) is 7.71. The van der Waals surface area contributed by atoms with E-state index in [1.54, 1.807) is 18.2 Å². The standard InChI is InChI=1S/C19H23N3O4S/c1-2-3-4-9-18(23)22-27(25,26)17-8-6-5-7-16(17)21-19(24)14-10-12-15(20)13-11-14/h5-8,10-13H,2-4,9,20H2,1H3,(H,21,24)(H,22,23). The van der Waals surface area contributed by atoms with Gasteiger partial charge in [0.05, 0.1) is 5.69 Å². The molecule has 2 amide bonds. The number of carbonyl (C=O) groups excluding carboxylic acids is 2. The minimum Gasteiger partial charge on any atom is -0.399 e. The number of amides is 2. The van der Waals surface area contributed by atoms with Gasteiger partial charge in [0.25, 0.3) is 15.9 Å². The second kappa shape index (κ2) is 9.18.